The molecule has 1 rings (SSSR count). The van der Waals surface area contributed by atoms with E-state index in [4.69, 9.17) is 4.74 Å². The van der Waals surface area contributed by atoms with E-state index in [0.717, 1.165) is 25.0 Å². The summed E-state index contributed by atoms with van der Waals surface area (Å²) in [6.07, 6.45) is 2.33. The van der Waals surface area contributed by atoms with Crippen molar-refractivity contribution in [1.29, 1.82) is 0 Å². The summed E-state index contributed by atoms with van der Waals surface area (Å²) in [5.74, 6) is 0.617. The van der Waals surface area contributed by atoms with Gasteiger partial charge in [-0.15, -0.1) is 0 Å². The number of hydrogen-bond acceptors (Lipinski definition) is 1. The van der Waals surface area contributed by atoms with Gasteiger partial charge in [0.15, 0.2) is 0 Å². The quantitative estimate of drug-likeness (QED) is 0.538. The average molecular weight is 271 g/mol. The second-order valence-electron chi connectivity index (χ2n) is 3.60. The van der Waals surface area contributed by atoms with E-state index in [-0.39, 0.29) is 0 Å². The summed E-state index contributed by atoms with van der Waals surface area (Å²) in [7, 11) is 0. The molecule has 2 heteroatoms. The molecule has 1 nitrogen and oxygen atoms in total. The van der Waals surface area contributed by atoms with E-state index >= 15 is 0 Å². The Kier molecular flexibility index (Phi) is 6.69. The Balaban J connectivity index is 2.36. The first-order chi connectivity index (χ1) is 7.38. The number of benzene rings is 1. The molecule has 0 aromatic heterocycles. The van der Waals surface area contributed by atoms with Crippen molar-refractivity contribution in [2.75, 3.05) is 18.5 Å². The normalized spacial score (nSPS) is 12.7. The van der Waals surface area contributed by atoms with E-state index in [1.807, 2.05) is 6.92 Å². The average Bonchev–Trinajstić information content (AvgIpc) is 2.30. The monoisotopic (exact) mass is 270 g/mol. The van der Waals surface area contributed by atoms with Gasteiger partial charge in [-0.2, -0.15) is 0 Å². The first kappa shape index (κ1) is 12.7. The molecule has 0 aliphatic heterocycles. The number of halogens is 1. The third-order valence-corrected chi connectivity index (χ3v) is 3.28. The molecular formula is C13H19BrO. The van der Waals surface area contributed by atoms with Crippen molar-refractivity contribution in [3.05, 3.63) is 35.9 Å². The van der Waals surface area contributed by atoms with Crippen LogP contribution in [0.2, 0.25) is 0 Å². The molecule has 0 radical (unpaired) electrons. The highest BCUT2D eigenvalue weighted by molar-refractivity contribution is 9.09. The lowest BCUT2D eigenvalue weighted by atomic mass is 9.96. The van der Waals surface area contributed by atoms with Gasteiger partial charge in [-0.1, -0.05) is 46.3 Å². The number of alkyl halides is 1. The minimum atomic E-state index is 0.617. The van der Waals surface area contributed by atoms with Gasteiger partial charge in [-0.05, 0) is 31.2 Å². The summed E-state index contributed by atoms with van der Waals surface area (Å²) in [6.45, 7) is 3.75. The van der Waals surface area contributed by atoms with Crippen molar-refractivity contribution in [1.82, 2.24) is 0 Å². The summed E-state index contributed by atoms with van der Waals surface area (Å²) in [6, 6.07) is 10.7. The second kappa shape index (κ2) is 7.89. The maximum Gasteiger partial charge on any atom is 0.0466 e. The van der Waals surface area contributed by atoms with Crippen molar-refractivity contribution in [3.8, 4) is 0 Å². The van der Waals surface area contributed by atoms with Crippen molar-refractivity contribution < 1.29 is 4.74 Å². The predicted molar refractivity (Wildman–Crippen MR) is 68.7 cm³/mol. The van der Waals surface area contributed by atoms with Crippen LogP contribution in [-0.4, -0.2) is 18.5 Å². The van der Waals surface area contributed by atoms with E-state index < -0.39 is 0 Å². The van der Waals surface area contributed by atoms with Gasteiger partial charge in [0.1, 0.15) is 0 Å². The molecule has 1 aromatic rings. The van der Waals surface area contributed by atoms with Gasteiger partial charge >= 0.3 is 0 Å². The van der Waals surface area contributed by atoms with Gasteiger partial charge in [0.05, 0.1) is 0 Å². The largest absolute Gasteiger partial charge is 0.382 e. The van der Waals surface area contributed by atoms with E-state index in [0.29, 0.717) is 5.92 Å². The fraction of sp³-hybridized carbons (Fsp3) is 0.538. The number of ether oxygens (including phenoxy) is 1. The Morgan fingerprint density at radius 2 is 2.00 bits per heavy atom. The van der Waals surface area contributed by atoms with Crippen LogP contribution < -0.4 is 0 Å². The highest BCUT2D eigenvalue weighted by atomic mass is 79.9. The molecule has 0 heterocycles. The lowest BCUT2D eigenvalue weighted by Gasteiger charge is -2.14. The summed E-state index contributed by atoms with van der Waals surface area (Å²) >= 11 is 3.58. The highest BCUT2D eigenvalue weighted by Crippen LogP contribution is 2.23. The molecular weight excluding hydrogens is 252 g/mol. The van der Waals surface area contributed by atoms with Crippen LogP contribution in [0.5, 0.6) is 0 Å². The molecule has 1 atom stereocenters. The number of hydrogen-bond donors (Lipinski definition) is 0. The lowest BCUT2D eigenvalue weighted by molar-refractivity contribution is 0.142. The van der Waals surface area contributed by atoms with Crippen LogP contribution in [0, 0.1) is 0 Å². The Morgan fingerprint density at radius 3 is 2.60 bits per heavy atom. The molecule has 15 heavy (non-hydrogen) atoms. The van der Waals surface area contributed by atoms with Gasteiger partial charge < -0.3 is 4.74 Å². The van der Waals surface area contributed by atoms with Crippen molar-refractivity contribution in [3.63, 3.8) is 0 Å². The van der Waals surface area contributed by atoms with Crippen molar-refractivity contribution in [2.24, 2.45) is 0 Å². The minimum Gasteiger partial charge on any atom is -0.382 e. The molecule has 84 valence electrons. The van der Waals surface area contributed by atoms with E-state index in [2.05, 4.69) is 46.3 Å². The summed E-state index contributed by atoms with van der Waals surface area (Å²) in [5.41, 5.74) is 1.42. The molecule has 1 unspecified atom stereocenters. The molecule has 0 aliphatic carbocycles. The van der Waals surface area contributed by atoms with Crippen LogP contribution in [0.15, 0.2) is 30.3 Å². The molecule has 0 N–H and O–H groups in total. The third-order valence-electron chi connectivity index (χ3n) is 2.50. The Labute approximate surface area is 101 Å². The Hall–Kier alpha value is -0.340. The highest BCUT2D eigenvalue weighted by Gasteiger charge is 2.08. The third kappa shape index (κ3) is 4.80. The smallest absolute Gasteiger partial charge is 0.0466 e. The lowest BCUT2D eigenvalue weighted by Crippen LogP contribution is -2.03. The van der Waals surface area contributed by atoms with Gasteiger partial charge in [0, 0.05) is 18.5 Å². The molecule has 0 saturated carbocycles. The van der Waals surface area contributed by atoms with Crippen molar-refractivity contribution in [2.45, 2.75) is 25.7 Å². The first-order valence-corrected chi connectivity index (χ1v) is 6.69. The van der Waals surface area contributed by atoms with E-state index in [9.17, 15) is 0 Å². The molecule has 0 saturated heterocycles. The van der Waals surface area contributed by atoms with Gasteiger partial charge in [-0.3, -0.25) is 0 Å². The molecule has 1 aromatic carbocycles. The SMILES string of the molecule is CCOCCCC(CBr)c1ccccc1. The topological polar surface area (TPSA) is 9.23 Å². The summed E-state index contributed by atoms with van der Waals surface area (Å²) in [5, 5.41) is 1.03. The zero-order chi connectivity index (χ0) is 10.9. The van der Waals surface area contributed by atoms with Crippen LogP contribution in [0.25, 0.3) is 0 Å². The standard InChI is InChI=1S/C13H19BrO/c1-2-15-10-6-9-13(11-14)12-7-4-3-5-8-12/h3-5,7-8,13H,2,6,9-11H2,1H3. The Bertz CT molecular complexity index is 248. The van der Waals surface area contributed by atoms with Gasteiger partial charge in [-0.25, -0.2) is 0 Å². The molecule has 0 spiro atoms. The van der Waals surface area contributed by atoms with Crippen LogP contribution in [0.3, 0.4) is 0 Å². The molecule has 0 amide bonds. The first-order valence-electron chi connectivity index (χ1n) is 5.57. The van der Waals surface area contributed by atoms with Gasteiger partial charge in [0.25, 0.3) is 0 Å². The van der Waals surface area contributed by atoms with E-state index in [1.165, 1.54) is 12.0 Å². The van der Waals surface area contributed by atoms with Crippen molar-refractivity contribution >= 4 is 15.9 Å². The number of rotatable bonds is 7. The summed E-state index contributed by atoms with van der Waals surface area (Å²) < 4.78 is 5.35. The zero-order valence-electron chi connectivity index (χ0n) is 9.29. The minimum absolute atomic E-state index is 0.617. The maximum absolute atomic E-state index is 5.35. The van der Waals surface area contributed by atoms with Gasteiger partial charge in [0.2, 0.25) is 0 Å². The molecule has 0 bridgehead atoms. The second-order valence-corrected chi connectivity index (χ2v) is 4.25. The van der Waals surface area contributed by atoms with Crippen LogP contribution in [-0.2, 0) is 4.74 Å². The Morgan fingerprint density at radius 1 is 1.27 bits per heavy atom. The maximum atomic E-state index is 5.35. The van der Waals surface area contributed by atoms with Crippen LogP contribution in [0.4, 0.5) is 0 Å². The fourth-order valence-electron chi connectivity index (χ4n) is 1.63. The predicted octanol–water partition coefficient (Wildman–Crippen LogP) is 3.98. The zero-order valence-corrected chi connectivity index (χ0v) is 10.9. The van der Waals surface area contributed by atoms with Crippen LogP contribution in [0.1, 0.15) is 31.2 Å². The van der Waals surface area contributed by atoms with Crippen LogP contribution >= 0.6 is 15.9 Å². The molecule has 0 fully saturated rings. The fourth-order valence-corrected chi connectivity index (χ4v) is 2.33. The van der Waals surface area contributed by atoms with E-state index in [1.54, 1.807) is 0 Å². The summed E-state index contributed by atoms with van der Waals surface area (Å²) in [4.78, 5) is 0. The molecule has 0 aliphatic rings.